The Hall–Kier alpha value is -1.82. The largest absolute Gasteiger partial charge is 0.269 e. The number of hydrazone groups is 1. The molecular weight excluding hydrogens is 222 g/mol. The fraction of sp³-hybridized carbons (Fsp3) is 0.467. The van der Waals surface area contributed by atoms with Crippen LogP contribution >= 0.6 is 0 Å². The Labute approximate surface area is 109 Å². The zero-order valence-corrected chi connectivity index (χ0v) is 11.4. The van der Waals surface area contributed by atoms with Crippen LogP contribution in [0.15, 0.2) is 29.4 Å². The molecule has 1 aliphatic heterocycles. The minimum atomic E-state index is -0.307. The van der Waals surface area contributed by atoms with Crippen molar-refractivity contribution in [2.45, 2.75) is 45.7 Å². The molecule has 0 radical (unpaired) electrons. The highest BCUT2D eigenvalue weighted by Crippen LogP contribution is 2.36. The molecule has 3 nitrogen and oxygen atoms in total. The molecule has 18 heavy (non-hydrogen) atoms. The molecule has 3 heteroatoms. The minimum absolute atomic E-state index is 0.0905. The van der Waals surface area contributed by atoms with Crippen molar-refractivity contribution in [2.75, 3.05) is 0 Å². The molecule has 0 fully saturated rings. The fourth-order valence-electron chi connectivity index (χ4n) is 2.62. The van der Waals surface area contributed by atoms with Crippen LogP contribution in [0.1, 0.15) is 44.4 Å². The molecule has 1 aromatic rings. The van der Waals surface area contributed by atoms with Gasteiger partial charge in [-0.1, -0.05) is 24.3 Å². The van der Waals surface area contributed by atoms with Crippen LogP contribution in [0.2, 0.25) is 0 Å². The Morgan fingerprint density at radius 1 is 1.33 bits per heavy atom. The minimum Gasteiger partial charge on any atom is -0.269 e. The van der Waals surface area contributed by atoms with Crippen LogP contribution in [0, 0.1) is 18.3 Å². The van der Waals surface area contributed by atoms with Crippen LogP contribution in [-0.4, -0.2) is 16.3 Å². The Morgan fingerprint density at radius 3 is 2.50 bits per heavy atom. The zero-order valence-electron chi connectivity index (χ0n) is 11.4. The van der Waals surface area contributed by atoms with Gasteiger partial charge in [-0.15, -0.1) is 0 Å². The summed E-state index contributed by atoms with van der Waals surface area (Å²) >= 11 is 0. The summed E-state index contributed by atoms with van der Waals surface area (Å²) < 4.78 is 0. The maximum absolute atomic E-state index is 9.52. The van der Waals surface area contributed by atoms with Crippen LogP contribution in [0.4, 0.5) is 0 Å². The Morgan fingerprint density at radius 2 is 2.00 bits per heavy atom. The normalized spacial score (nSPS) is 19.3. The molecule has 1 heterocycles. The summed E-state index contributed by atoms with van der Waals surface area (Å²) in [5, 5.41) is 16.0. The molecule has 0 saturated heterocycles. The van der Waals surface area contributed by atoms with Crippen molar-refractivity contribution in [3.05, 3.63) is 35.4 Å². The van der Waals surface area contributed by atoms with E-state index >= 15 is 0 Å². The van der Waals surface area contributed by atoms with Crippen LogP contribution < -0.4 is 0 Å². The molecule has 1 aliphatic rings. The predicted molar refractivity (Wildman–Crippen MR) is 73.2 cm³/mol. The molecular formula is C15H19N3. The monoisotopic (exact) mass is 241 g/mol. The summed E-state index contributed by atoms with van der Waals surface area (Å²) in [6.45, 7) is 8.33. The number of nitriles is 1. The van der Waals surface area contributed by atoms with Crippen LogP contribution in [0.25, 0.3) is 0 Å². The maximum atomic E-state index is 9.52. The van der Waals surface area contributed by atoms with Crippen LogP contribution in [-0.2, 0) is 0 Å². The molecule has 2 rings (SSSR count). The number of hydrogen-bond acceptors (Lipinski definition) is 3. The number of rotatable bonds is 2. The Kier molecular flexibility index (Phi) is 3.13. The zero-order chi connectivity index (χ0) is 13.3. The molecule has 1 atom stereocenters. The molecule has 0 aliphatic carbocycles. The average Bonchev–Trinajstić information content (AvgIpc) is 2.56. The van der Waals surface area contributed by atoms with Gasteiger partial charge in [0, 0.05) is 12.1 Å². The van der Waals surface area contributed by atoms with Crippen molar-refractivity contribution in [1.82, 2.24) is 5.01 Å². The summed E-state index contributed by atoms with van der Waals surface area (Å²) in [4.78, 5) is 0. The highest BCUT2D eigenvalue weighted by atomic mass is 15.5. The third kappa shape index (κ3) is 2.11. The molecule has 0 bridgehead atoms. The van der Waals surface area contributed by atoms with E-state index in [-0.39, 0.29) is 11.6 Å². The number of aryl methyl sites for hydroxylation is 1. The Balaban J connectivity index is 2.42. The lowest BCUT2D eigenvalue weighted by molar-refractivity contribution is 0.122. The van der Waals surface area contributed by atoms with Crippen molar-refractivity contribution in [3.63, 3.8) is 0 Å². The standard InChI is InChI=1S/C15H19N3/c1-11-7-5-6-8-13(11)14(10-16)18-15(3,4)9-12(2)17-18/h5-8,14H,9H2,1-4H3/t14-/m0/s1. The van der Waals surface area contributed by atoms with Gasteiger partial charge in [0.2, 0.25) is 0 Å². The van der Waals surface area contributed by atoms with Crippen molar-refractivity contribution in [2.24, 2.45) is 5.10 Å². The molecule has 94 valence electrons. The second-order valence-corrected chi connectivity index (χ2v) is 5.56. The maximum Gasteiger partial charge on any atom is 0.159 e. The first kappa shape index (κ1) is 12.6. The lowest BCUT2D eigenvalue weighted by Crippen LogP contribution is -2.38. The third-order valence-corrected chi connectivity index (χ3v) is 3.44. The summed E-state index contributed by atoms with van der Waals surface area (Å²) in [5.41, 5.74) is 3.19. The van der Waals surface area contributed by atoms with Crippen molar-refractivity contribution >= 4 is 5.71 Å². The van der Waals surface area contributed by atoms with E-state index in [2.05, 4.69) is 25.0 Å². The van der Waals surface area contributed by atoms with Crippen LogP contribution in [0.5, 0.6) is 0 Å². The molecule has 0 amide bonds. The lowest BCUT2D eigenvalue weighted by Gasteiger charge is -2.34. The lowest BCUT2D eigenvalue weighted by atomic mass is 9.94. The average molecular weight is 241 g/mol. The second kappa shape index (κ2) is 4.45. The van der Waals surface area contributed by atoms with E-state index < -0.39 is 0 Å². The third-order valence-electron chi connectivity index (χ3n) is 3.44. The topological polar surface area (TPSA) is 39.4 Å². The summed E-state index contributed by atoms with van der Waals surface area (Å²) in [5.74, 6) is 0. The summed E-state index contributed by atoms with van der Waals surface area (Å²) in [6, 6.07) is 10.1. The molecule has 0 N–H and O–H groups in total. The fourth-order valence-corrected chi connectivity index (χ4v) is 2.62. The van der Waals surface area contributed by atoms with Gasteiger partial charge in [0.15, 0.2) is 6.04 Å². The Bertz CT molecular complexity index is 523. The van der Waals surface area contributed by atoms with Gasteiger partial charge < -0.3 is 0 Å². The van der Waals surface area contributed by atoms with E-state index in [1.165, 1.54) is 0 Å². The SMILES string of the molecule is CC1=NN([C@@H](C#N)c2ccccc2C)C(C)(C)C1. The van der Waals surface area contributed by atoms with Crippen LogP contribution in [0.3, 0.4) is 0 Å². The van der Waals surface area contributed by atoms with Crippen molar-refractivity contribution < 1.29 is 0 Å². The molecule has 0 spiro atoms. The quantitative estimate of drug-likeness (QED) is 0.795. The summed E-state index contributed by atoms with van der Waals surface area (Å²) in [7, 11) is 0. The predicted octanol–water partition coefficient (Wildman–Crippen LogP) is 3.42. The van der Waals surface area contributed by atoms with Gasteiger partial charge in [-0.2, -0.15) is 10.4 Å². The first-order valence-electron chi connectivity index (χ1n) is 6.24. The number of hydrogen-bond donors (Lipinski definition) is 0. The van der Waals surface area contributed by atoms with Gasteiger partial charge in [0.1, 0.15) is 0 Å². The number of nitrogens with zero attached hydrogens (tertiary/aromatic N) is 3. The molecule has 0 saturated carbocycles. The highest BCUT2D eigenvalue weighted by molar-refractivity contribution is 5.84. The van der Waals surface area contributed by atoms with Crippen molar-refractivity contribution in [3.8, 4) is 6.07 Å². The summed E-state index contributed by atoms with van der Waals surface area (Å²) in [6.07, 6.45) is 0.914. The van der Waals surface area contributed by atoms with Gasteiger partial charge in [-0.25, -0.2) is 0 Å². The van der Waals surface area contributed by atoms with Gasteiger partial charge in [0.05, 0.1) is 11.6 Å². The van der Waals surface area contributed by atoms with E-state index in [1.54, 1.807) is 0 Å². The molecule has 0 aromatic heterocycles. The van der Waals surface area contributed by atoms with Gasteiger partial charge in [-0.05, 0) is 38.8 Å². The first-order chi connectivity index (χ1) is 8.45. The van der Waals surface area contributed by atoms with Crippen molar-refractivity contribution in [1.29, 1.82) is 5.26 Å². The van der Waals surface area contributed by atoms with E-state index in [0.717, 1.165) is 23.3 Å². The van der Waals surface area contributed by atoms with E-state index in [1.807, 2.05) is 43.1 Å². The smallest absolute Gasteiger partial charge is 0.159 e. The van der Waals surface area contributed by atoms with E-state index in [9.17, 15) is 5.26 Å². The van der Waals surface area contributed by atoms with Gasteiger partial charge in [0.25, 0.3) is 0 Å². The molecule has 1 aromatic carbocycles. The molecule has 0 unspecified atom stereocenters. The van der Waals surface area contributed by atoms with Gasteiger partial charge in [-0.3, -0.25) is 5.01 Å². The highest BCUT2D eigenvalue weighted by Gasteiger charge is 2.38. The van der Waals surface area contributed by atoms with Gasteiger partial charge >= 0.3 is 0 Å². The number of benzene rings is 1. The van der Waals surface area contributed by atoms with E-state index in [0.29, 0.717) is 0 Å². The first-order valence-corrected chi connectivity index (χ1v) is 6.24. The second-order valence-electron chi connectivity index (χ2n) is 5.56. The van der Waals surface area contributed by atoms with E-state index in [4.69, 9.17) is 0 Å².